The largest absolute Gasteiger partial charge is 0.344 e. The smallest absolute Gasteiger partial charge is 0.240 e. The van der Waals surface area contributed by atoms with Gasteiger partial charge in [0.05, 0.1) is 9.79 Å². The van der Waals surface area contributed by atoms with E-state index in [0.717, 1.165) is 6.07 Å². The van der Waals surface area contributed by atoms with E-state index in [0.29, 0.717) is 0 Å². The molecule has 8 nitrogen and oxygen atoms in total. The van der Waals surface area contributed by atoms with Gasteiger partial charge in [0, 0.05) is 26.1 Å². The van der Waals surface area contributed by atoms with E-state index in [-0.39, 0.29) is 28.7 Å². The Hall–Kier alpha value is -1.49. The van der Waals surface area contributed by atoms with Crippen molar-refractivity contribution in [2.45, 2.75) is 22.3 Å². The highest BCUT2D eigenvalue weighted by atomic mass is 32.2. The molecule has 0 aliphatic carbocycles. The number of hydrogen-bond acceptors (Lipinski definition) is 5. The Bertz CT molecular complexity index is 789. The first-order chi connectivity index (χ1) is 10.2. The highest BCUT2D eigenvalue weighted by Gasteiger charge is 2.30. The van der Waals surface area contributed by atoms with E-state index in [4.69, 9.17) is 0 Å². The molecule has 1 saturated heterocycles. The number of likely N-dealkylation sites (tertiary alicyclic amines) is 1. The summed E-state index contributed by atoms with van der Waals surface area (Å²) in [5.74, 6) is -0.140. The molecule has 1 amide bonds. The molecule has 0 aromatic heterocycles. The number of carbonyl (C=O) groups excluding carboxylic acids is 1. The predicted octanol–water partition coefficient (Wildman–Crippen LogP) is -0.896. The van der Waals surface area contributed by atoms with Crippen molar-refractivity contribution in [1.82, 2.24) is 14.3 Å². The van der Waals surface area contributed by atoms with E-state index in [1.807, 2.05) is 0 Å². The molecule has 0 radical (unpaired) electrons. The van der Waals surface area contributed by atoms with Crippen LogP contribution in [-0.4, -0.2) is 54.3 Å². The standard InChI is InChI=1S/C12H17N3O5S2/c1-13-21(17,18)10-4-3-5-11(7-10)22(19,20)14-9-6-12(16)15(2)8-9/h3-5,7,9,13-14H,6,8H2,1-2H3/t9-/m0/s1. The molecule has 10 heteroatoms. The first-order valence-electron chi connectivity index (χ1n) is 6.45. The highest BCUT2D eigenvalue weighted by molar-refractivity contribution is 7.90. The van der Waals surface area contributed by atoms with Crippen LogP contribution >= 0.6 is 0 Å². The van der Waals surface area contributed by atoms with Crippen LogP contribution in [0.15, 0.2) is 34.1 Å². The topological polar surface area (TPSA) is 113 Å². The minimum Gasteiger partial charge on any atom is -0.344 e. The molecule has 0 bridgehead atoms. The maximum atomic E-state index is 12.3. The summed E-state index contributed by atoms with van der Waals surface area (Å²) >= 11 is 0. The van der Waals surface area contributed by atoms with Gasteiger partial charge in [-0.1, -0.05) is 6.07 Å². The quantitative estimate of drug-likeness (QED) is 0.717. The monoisotopic (exact) mass is 347 g/mol. The van der Waals surface area contributed by atoms with Gasteiger partial charge in [0.25, 0.3) is 0 Å². The van der Waals surface area contributed by atoms with Crippen molar-refractivity contribution in [2.75, 3.05) is 20.6 Å². The van der Waals surface area contributed by atoms with Gasteiger partial charge in [0.15, 0.2) is 0 Å². The lowest BCUT2D eigenvalue weighted by atomic mass is 10.3. The van der Waals surface area contributed by atoms with Crippen molar-refractivity contribution in [3.8, 4) is 0 Å². The fraction of sp³-hybridized carbons (Fsp3) is 0.417. The fourth-order valence-electron chi connectivity index (χ4n) is 2.16. The van der Waals surface area contributed by atoms with Crippen LogP contribution in [0.5, 0.6) is 0 Å². The SMILES string of the molecule is CNS(=O)(=O)c1cccc(S(=O)(=O)N[C@H]2CC(=O)N(C)C2)c1. The van der Waals surface area contributed by atoms with Gasteiger partial charge < -0.3 is 4.90 Å². The molecule has 1 aliphatic heterocycles. The lowest BCUT2D eigenvalue weighted by Crippen LogP contribution is -2.36. The van der Waals surface area contributed by atoms with Crippen molar-refractivity contribution >= 4 is 26.0 Å². The second-order valence-electron chi connectivity index (χ2n) is 4.98. The molecule has 22 heavy (non-hydrogen) atoms. The zero-order valence-corrected chi connectivity index (χ0v) is 13.7. The number of sulfonamides is 2. The van der Waals surface area contributed by atoms with Crippen LogP contribution in [0.2, 0.25) is 0 Å². The van der Waals surface area contributed by atoms with Gasteiger partial charge in [-0.15, -0.1) is 0 Å². The zero-order valence-electron chi connectivity index (χ0n) is 12.1. The van der Waals surface area contributed by atoms with Crippen molar-refractivity contribution in [3.63, 3.8) is 0 Å². The number of hydrogen-bond donors (Lipinski definition) is 2. The average Bonchev–Trinajstić information content (AvgIpc) is 2.76. The van der Waals surface area contributed by atoms with Gasteiger partial charge in [-0.25, -0.2) is 26.3 Å². The van der Waals surface area contributed by atoms with Crippen molar-refractivity contribution in [1.29, 1.82) is 0 Å². The summed E-state index contributed by atoms with van der Waals surface area (Å²) < 4.78 is 52.6. The Kier molecular flexibility index (Phi) is 4.57. The Morgan fingerprint density at radius 3 is 2.23 bits per heavy atom. The molecule has 0 saturated carbocycles. The summed E-state index contributed by atoms with van der Waals surface area (Å²) in [6.07, 6.45) is 0.0875. The molecule has 1 aromatic carbocycles. The minimum atomic E-state index is -3.90. The van der Waals surface area contributed by atoms with Gasteiger partial charge in [0.2, 0.25) is 26.0 Å². The van der Waals surface area contributed by atoms with Gasteiger partial charge in [-0.05, 0) is 25.2 Å². The number of nitrogens with one attached hydrogen (secondary N) is 2. The third-order valence-corrected chi connectivity index (χ3v) is 6.29. The van der Waals surface area contributed by atoms with Crippen molar-refractivity contribution < 1.29 is 21.6 Å². The van der Waals surface area contributed by atoms with Crippen LogP contribution in [0.3, 0.4) is 0 Å². The third-order valence-electron chi connectivity index (χ3n) is 3.36. The summed E-state index contributed by atoms with van der Waals surface area (Å²) in [5, 5.41) is 0. The molecule has 1 fully saturated rings. The minimum absolute atomic E-state index is 0.0875. The Morgan fingerprint density at radius 2 is 1.73 bits per heavy atom. The van der Waals surface area contributed by atoms with Crippen molar-refractivity contribution in [3.05, 3.63) is 24.3 Å². The molecule has 1 heterocycles. The van der Waals surface area contributed by atoms with Crippen LogP contribution in [0, 0.1) is 0 Å². The predicted molar refractivity (Wildman–Crippen MR) is 79.1 cm³/mol. The number of nitrogens with zero attached hydrogens (tertiary/aromatic N) is 1. The van der Waals surface area contributed by atoms with E-state index in [1.165, 1.54) is 30.1 Å². The average molecular weight is 347 g/mol. The van der Waals surface area contributed by atoms with E-state index in [1.54, 1.807) is 7.05 Å². The maximum absolute atomic E-state index is 12.3. The first kappa shape index (κ1) is 16.9. The van der Waals surface area contributed by atoms with Crippen LogP contribution in [0.1, 0.15) is 6.42 Å². The summed E-state index contributed by atoms with van der Waals surface area (Å²) in [5.41, 5.74) is 0. The van der Waals surface area contributed by atoms with Crippen LogP contribution in [0.25, 0.3) is 0 Å². The second-order valence-corrected chi connectivity index (χ2v) is 8.58. The summed E-state index contributed by atoms with van der Waals surface area (Å²) in [4.78, 5) is 12.6. The lowest BCUT2D eigenvalue weighted by Gasteiger charge is -2.13. The number of carbonyl (C=O) groups is 1. The van der Waals surface area contributed by atoms with Crippen molar-refractivity contribution in [2.24, 2.45) is 0 Å². The zero-order chi connectivity index (χ0) is 16.5. The fourth-order valence-corrected chi connectivity index (χ4v) is 4.28. The van der Waals surface area contributed by atoms with E-state index in [9.17, 15) is 21.6 Å². The highest BCUT2D eigenvalue weighted by Crippen LogP contribution is 2.17. The molecule has 1 atom stereocenters. The molecule has 0 unspecified atom stereocenters. The normalized spacial score (nSPS) is 19.6. The molecule has 2 rings (SSSR count). The summed E-state index contributed by atoms with van der Waals surface area (Å²) in [6, 6.07) is 4.52. The van der Waals surface area contributed by atoms with Gasteiger partial charge in [-0.2, -0.15) is 0 Å². The Labute approximate surface area is 129 Å². The van der Waals surface area contributed by atoms with E-state index in [2.05, 4.69) is 9.44 Å². The maximum Gasteiger partial charge on any atom is 0.240 e. The van der Waals surface area contributed by atoms with E-state index < -0.39 is 26.1 Å². The molecular formula is C12H17N3O5S2. The number of amides is 1. The summed E-state index contributed by atoms with van der Waals surface area (Å²) in [6.45, 7) is 0.284. The molecule has 2 N–H and O–H groups in total. The molecular weight excluding hydrogens is 330 g/mol. The van der Waals surface area contributed by atoms with E-state index >= 15 is 0 Å². The second kappa shape index (κ2) is 5.95. The molecule has 0 spiro atoms. The Morgan fingerprint density at radius 1 is 1.14 bits per heavy atom. The number of benzene rings is 1. The third kappa shape index (κ3) is 3.46. The summed E-state index contributed by atoms with van der Waals surface area (Å²) in [7, 11) is -4.79. The van der Waals surface area contributed by atoms with Gasteiger partial charge >= 0.3 is 0 Å². The van der Waals surface area contributed by atoms with Gasteiger partial charge in [-0.3, -0.25) is 4.79 Å². The molecule has 1 aromatic rings. The lowest BCUT2D eigenvalue weighted by molar-refractivity contribution is -0.126. The van der Waals surface area contributed by atoms with Crippen LogP contribution < -0.4 is 9.44 Å². The Balaban J connectivity index is 2.27. The van der Waals surface area contributed by atoms with Gasteiger partial charge in [0.1, 0.15) is 0 Å². The number of rotatable bonds is 5. The molecule has 1 aliphatic rings. The first-order valence-corrected chi connectivity index (χ1v) is 9.42. The number of likely N-dealkylation sites (N-methyl/N-ethyl adjacent to an activating group) is 1. The van der Waals surface area contributed by atoms with Crippen LogP contribution in [-0.2, 0) is 24.8 Å². The van der Waals surface area contributed by atoms with Crippen LogP contribution in [0.4, 0.5) is 0 Å². The molecule has 122 valence electrons.